The number of nitrogens with zero attached hydrogens (tertiary/aromatic N) is 2. The number of hydrogen-bond donors (Lipinski definition) is 1. The number of carbonyl (C=O) groups is 1. The van der Waals surface area contributed by atoms with Gasteiger partial charge in [0.15, 0.2) is 0 Å². The van der Waals surface area contributed by atoms with Crippen molar-refractivity contribution in [3.8, 4) is 5.75 Å². The van der Waals surface area contributed by atoms with Crippen molar-refractivity contribution >= 4 is 33.1 Å². The SMILES string of the molecule is COc1ccc(NC(=O)c2sc3nc4n(c(=O)c3c2C)CCCCC4)cc1. The number of thiophene rings is 1. The van der Waals surface area contributed by atoms with Crippen molar-refractivity contribution < 1.29 is 9.53 Å². The maximum absolute atomic E-state index is 13.0. The summed E-state index contributed by atoms with van der Waals surface area (Å²) < 4.78 is 6.92. The molecule has 1 aliphatic rings. The molecule has 0 radical (unpaired) electrons. The third-order valence-electron chi connectivity index (χ3n) is 4.97. The molecule has 0 saturated heterocycles. The number of amides is 1. The lowest BCUT2D eigenvalue weighted by atomic mass is 10.2. The van der Waals surface area contributed by atoms with Gasteiger partial charge < -0.3 is 10.1 Å². The van der Waals surface area contributed by atoms with E-state index >= 15 is 0 Å². The molecule has 3 aromatic rings. The number of benzene rings is 1. The van der Waals surface area contributed by atoms with Gasteiger partial charge in [-0.2, -0.15) is 0 Å². The van der Waals surface area contributed by atoms with Crippen LogP contribution in [0, 0.1) is 6.92 Å². The number of fused-ring (bicyclic) bond motifs is 2. The van der Waals surface area contributed by atoms with Crippen molar-refractivity contribution in [2.24, 2.45) is 0 Å². The Labute approximate surface area is 160 Å². The molecule has 0 unspecified atom stereocenters. The molecule has 0 spiro atoms. The largest absolute Gasteiger partial charge is 0.497 e. The zero-order chi connectivity index (χ0) is 19.0. The third kappa shape index (κ3) is 3.23. The van der Waals surface area contributed by atoms with Gasteiger partial charge in [-0.1, -0.05) is 6.42 Å². The van der Waals surface area contributed by atoms with Crippen LogP contribution in [-0.4, -0.2) is 22.6 Å². The predicted molar refractivity (Wildman–Crippen MR) is 107 cm³/mol. The smallest absolute Gasteiger partial charge is 0.266 e. The summed E-state index contributed by atoms with van der Waals surface area (Å²) in [5, 5.41) is 3.46. The van der Waals surface area contributed by atoms with Crippen LogP contribution in [0.15, 0.2) is 29.1 Å². The Bertz CT molecular complexity index is 1070. The fourth-order valence-corrected chi connectivity index (χ4v) is 4.57. The Balaban J connectivity index is 1.71. The second-order valence-corrected chi connectivity index (χ2v) is 7.71. The average Bonchev–Trinajstić information content (AvgIpc) is 2.84. The van der Waals surface area contributed by atoms with Crippen LogP contribution in [0.25, 0.3) is 10.2 Å². The zero-order valence-electron chi connectivity index (χ0n) is 15.4. The lowest BCUT2D eigenvalue weighted by Gasteiger charge is -2.08. The molecular weight excluding hydrogens is 362 g/mol. The van der Waals surface area contributed by atoms with E-state index in [2.05, 4.69) is 5.32 Å². The van der Waals surface area contributed by atoms with Gasteiger partial charge in [-0.25, -0.2) is 4.98 Å². The van der Waals surface area contributed by atoms with Gasteiger partial charge in [-0.15, -0.1) is 11.3 Å². The number of nitrogens with one attached hydrogen (secondary N) is 1. The minimum absolute atomic E-state index is 0.0193. The van der Waals surface area contributed by atoms with Gasteiger partial charge in [0.1, 0.15) is 16.4 Å². The highest BCUT2D eigenvalue weighted by Gasteiger charge is 2.22. The van der Waals surface area contributed by atoms with Gasteiger partial charge in [-0.3, -0.25) is 14.2 Å². The summed E-state index contributed by atoms with van der Waals surface area (Å²) in [6.07, 6.45) is 3.97. The van der Waals surface area contributed by atoms with Gasteiger partial charge in [0.2, 0.25) is 0 Å². The van der Waals surface area contributed by atoms with E-state index in [1.54, 1.807) is 35.9 Å². The van der Waals surface area contributed by atoms with Crippen LogP contribution in [0.1, 0.15) is 40.3 Å². The third-order valence-corrected chi connectivity index (χ3v) is 6.15. The molecule has 1 aromatic carbocycles. The molecule has 0 aliphatic carbocycles. The van der Waals surface area contributed by atoms with Crippen LogP contribution in [0.5, 0.6) is 5.75 Å². The van der Waals surface area contributed by atoms with Crippen LogP contribution in [0.2, 0.25) is 0 Å². The minimum Gasteiger partial charge on any atom is -0.497 e. The number of hydrogen-bond acceptors (Lipinski definition) is 5. The minimum atomic E-state index is -0.222. The van der Waals surface area contributed by atoms with Crippen LogP contribution < -0.4 is 15.6 Å². The molecule has 0 bridgehead atoms. The Morgan fingerprint density at radius 1 is 1.22 bits per heavy atom. The van der Waals surface area contributed by atoms with E-state index in [1.807, 2.05) is 6.92 Å². The number of rotatable bonds is 3. The lowest BCUT2D eigenvalue weighted by molar-refractivity contribution is 0.103. The summed E-state index contributed by atoms with van der Waals surface area (Å²) in [7, 11) is 1.60. The predicted octanol–water partition coefficient (Wildman–Crippen LogP) is 3.75. The molecule has 140 valence electrons. The topological polar surface area (TPSA) is 73.2 Å². The van der Waals surface area contributed by atoms with E-state index in [1.165, 1.54) is 11.3 Å². The van der Waals surface area contributed by atoms with Crippen LogP contribution in [0.3, 0.4) is 0 Å². The average molecular weight is 383 g/mol. The summed E-state index contributed by atoms with van der Waals surface area (Å²) in [4.78, 5) is 31.7. The molecule has 3 heterocycles. The van der Waals surface area contributed by atoms with E-state index < -0.39 is 0 Å². The first-order valence-corrected chi connectivity index (χ1v) is 9.88. The number of carbonyl (C=O) groups excluding carboxylic acids is 1. The van der Waals surface area contributed by atoms with Gasteiger partial charge in [-0.05, 0) is 49.6 Å². The van der Waals surface area contributed by atoms with Crippen molar-refractivity contribution in [1.29, 1.82) is 0 Å². The van der Waals surface area contributed by atoms with E-state index in [0.717, 1.165) is 37.3 Å². The maximum atomic E-state index is 13.0. The van der Waals surface area contributed by atoms with Gasteiger partial charge in [0, 0.05) is 18.7 Å². The fraction of sp³-hybridized carbons (Fsp3) is 0.350. The number of ether oxygens (including phenoxy) is 1. The van der Waals surface area contributed by atoms with Gasteiger partial charge in [0.05, 0.1) is 17.4 Å². The van der Waals surface area contributed by atoms with E-state index in [-0.39, 0.29) is 11.5 Å². The first-order valence-electron chi connectivity index (χ1n) is 9.06. The fourth-order valence-electron chi connectivity index (χ4n) is 3.49. The molecule has 6 nitrogen and oxygen atoms in total. The molecule has 27 heavy (non-hydrogen) atoms. The normalized spacial score (nSPS) is 13.9. The summed E-state index contributed by atoms with van der Waals surface area (Å²) in [6, 6.07) is 7.15. The van der Waals surface area contributed by atoms with E-state index in [0.29, 0.717) is 32.9 Å². The summed E-state index contributed by atoms with van der Waals surface area (Å²) in [6.45, 7) is 2.54. The Kier molecular flexibility index (Phi) is 4.70. The monoisotopic (exact) mass is 383 g/mol. The Morgan fingerprint density at radius 3 is 2.74 bits per heavy atom. The molecule has 1 amide bonds. The van der Waals surface area contributed by atoms with E-state index in [4.69, 9.17) is 9.72 Å². The van der Waals surface area contributed by atoms with Crippen molar-refractivity contribution in [2.45, 2.75) is 39.2 Å². The molecule has 4 rings (SSSR count). The number of aryl methyl sites for hydroxylation is 2. The lowest BCUT2D eigenvalue weighted by Crippen LogP contribution is -2.24. The highest BCUT2D eigenvalue weighted by atomic mass is 32.1. The molecule has 1 N–H and O–H groups in total. The molecule has 2 aromatic heterocycles. The molecule has 0 atom stereocenters. The first-order chi connectivity index (χ1) is 13.1. The summed E-state index contributed by atoms with van der Waals surface area (Å²) >= 11 is 1.29. The summed E-state index contributed by atoms with van der Waals surface area (Å²) in [5.41, 5.74) is 1.37. The Hall–Kier alpha value is -2.67. The van der Waals surface area contributed by atoms with Crippen molar-refractivity contribution in [3.63, 3.8) is 0 Å². The van der Waals surface area contributed by atoms with Crippen LogP contribution in [-0.2, 0) is 13.0 Å². The highest BCUT2D eigenvalue weighted by molar-refractivity contribution is 7.20. The number of aromatic nitrogens is 2. The maximum Gasteiger partial charge on any atom is 0.266 e. The number of anilines is 1. The molecule has 0 saturated carbocycles. The van der Waals surface area contributed by atoms with Crippen LogP contribution in [0.4, 0.5) is 5.69 Å². The standard InChI is InChI=1S/C20H21N3O3S/c1-12-16-19(22-15-6-4-3-5-11-23(15)20(16)25)27-17(12)18(24)21-13-7-9-14(26-2)10-8-13/h7-10H,3-6,11H2,1-2H3,(H,21,24). The van der Waals surface area contributed by atoms with Gasteiger partial charge in [0.25, 0.3) is 11.5 Å². The second-order valence-electron chi connectivity index (χ2n) is 6.71. The quantitative estimate of drug-likeness (QED) is 0.747. The van der Waals surface area contributed by atoms with Crippen molar-refractivity contribution in [3.05, 3.63) is 50.9 Å². The Morgan fingerprint density at radius 2 is 2.00 bits per heavy atom. The molecular formula is C20H21N3O3S. The zero-order valence-corrected chi connectivity index (χ0v) is 16.2. The molecule has 7 heteroatoms. The van der Waals surface area contributed by atoms with Gasteiger partial charge >= 0.3 is 0 Å². The second kappa shape index (κ2) is 7.15. The van der Waals surface area contributed by atoms with Crippen LogP contribution >= 0.6 is 11.3 Å². The van der Waals surface area contributed by atoms with Crippen molar-refractivity contribution in [1.82, 2.24) is 9.55 Å². The molecule has 1 aliphatic heterocycles. The van der Waals surface area contributed by atoms with E-state index in [9.17, 15) is 9.59 Å². The first kappa shape index (κ1) is 17.7. The molecule has 0 fully saturated rings. The highest BCUT2D eigenvalue weighted by Crippen LogP contribution is 2.29. The van der Waals surface area contributed by atoms with Crippen molar-refractivity contribution in [2.75, 3.05) is 12.4 Å². The number of methoxy groups -OCH3 is 1. The summed E-state index contributed by atoms with van der Waals surface area (Å²) in [5.74, 6) is 1.35.